The summed E-state index contributed by atoms with van der Waals surface area (Å²) in [6.07, 6.45) is 5.21. The first-order chi connectivity index (χ1) is 8.63. The van der Waals surface area contributed by atoms with Crippen LogP contribution in [0, 0.1) is 0 Å². The van der Waals surface area contributed by atoms with Crippen molar-refractivity contribution >= 4 is 17.0 Å². The van der Waals surface area contributed by atoms with E-state index in [0.717, 1.165) is 23.9 Å². The van der Waals surface area contributed by atoms with E-state index in [2.05, 4.69) is 23.4 Å². The number of carboxylic acids is 1. The lowest BCUT2D eigenvalue weighted by molar-refractivity contribution is 0.0697. The van der Waals surface area contributed by atoms with Gasteiger partial charge >= 0.3 is 5.97 Å². The number of aromatic carboxylic acids is 1. The van der Waals surface area contributed by atoms with Crippen molar-refractivity contribution in [2.45, 2.75) is 39.2 Å². The predicted molar refractivity (Wildman–Crippen MR) is 70.9 cm³/mol. The summed E-state index contributed by atoms with van der Waals surface area (Å²) in [6.45, 7) is 4.31. The molecule has 1 unspecified atom stereocenters. The van der Waals surface area contributed by atoms with E-state index in [4.69, 9.17) is 5.11 Å². The molecule has 0 saturated carbocycles. The molecule has 0 spiro atoms. The Morgan fingerprint density at radius 2 is 2.28 bits per heavy atom. The van der Waals surface area contributed by atoms with Crippen molar-refractivity contribution in [3.63, 3.8) is 0 Å². The second-order valence-corrected chi connectivity index (χ2v) is 4.65. The van der Waals surface area contributed by atoms with Crippen LogP contribution in [-0.4, -0.2) is 20.6 Å². The molecule has 1 heterocycles. The Morgan fingerprint density at radius 1 is 1.50 bits per heavy atom. The molecule has 0 saturated heterocycles. The highest BCUT2D eigenvalue weighted by molar-refractivity contribution is 5.92. The summed E-state index contributed by atoms with van der Waals surface area (Å²) in [5, 5.41) is 9.02. The summed E-state index contributed by atoms with van der Waals surface area (Å²) >= 11 is 0. The van der Waals surface area contributed by atoms with Gasteiger partial charge < -0.3 is 9.67 Å². The summed E-state index contributed by atoms with van der Waals surface area (Å²) in [7, 11) is 0. The molecule has 0 amide bonds. The number of rotatable bonds is 5. The van der Waals surface area contributed by atoms with Gasteiger partial charge in [-0.3, -0.25) is 0 Å². The molecule has 1 N–H and O–H groups in total. The standard InChI is InChI=1S/C14H18N2O2/c1-3-4-5-10(2)16-9-15-12-7-6-11(14(17)18)8-13(12)16/h6-10H,3-5H2,1-2H3,(H,17,18). The van der Waals surface area contributed by atoms with Gasteiger partial charge in [0.25, 0.3) is 0 Å². The van der Waals surface area contributed by atoms with E-state index < -0.39 is 5.97 Å². The van der Waals surface area contributed by atoms with Crippen molar-refractivity contribution in [1.29, 1.82) is 0 Å². The highest BCUT2D eigenvalue weighted by atomic mass is 16.4. The molecule has 1 aromatic heterocycles. The lowest BCUT2D eigenvalue weighted by atomic mass is 10.1. The molecule has 0 aliphatic rings. The maximum Gasteiger partial charge on any atom is 0.335 e. The van der Waals surface area contributed by atoms with Gasteiger partial charge in [-0.15, -0.1) is 0 Å². The number of imidazole rings is 1. The normalized spacial score (nSPS) is 12.8. The Labute approximate surface area is 106 Å². The van der Waals surface area contributed by atoms with Crippen LogP contribution < -0.4 is 0 Å². The number of benzene rings is 1. The van der Waals surface area contributed by atoms with Crippen molar-refractivity contribution in [2.75, 3.05) is 0 Å². The van der Waals surface area contributed by atoms with Crippen molar-refractivity contribution < 1.29 is 9.90 Å². The van der Waals surface area contributed by atoms with Crippen LogP contribution in [0.4, 0.5) is 0 Å². The molecule has 0 radical (unpaired) electrons. The summed E-state index contributed by atoms with van der Waals surface area (Å²) in [5.74, 6) is -0.897. The number of nitrogens with zero attached hydrogens (tertiary/aromatic N) is 2. The molecule has 2 aromatic rings. The van der Waals surface area contributed by atoms with Gasteiger partial charge in [0.05, 0.1) is 22.9 Å². The third-order valence-corrected chi connectivity index (χ3v) is 3.27. The molecular formula is C14H18N2O2. The van der Waals surface area contributed by atoms with Crippen LogP contribution in [0.3, 0.4) is 0 Å². The minimum Gasteiger partial charge on any atom is -0.478 e. The average Bonchev–Trinajstić information content (AvgIpc) is 2.78. The maximum absolute atomic E-state index is 11.0. The minimum absolute atomic E-state index is 0.312. The van der Waals surface area contributed by atoms with E-state index in [0.29, 0.717) is 11.6 Å². The fraction of sp³-hybridized carbons (Fsp3) is 0.429. The third-order valence-electron chi connectivity index (χ3n) is 3.27. The molecule has 0 aliphatic heterocycles. The largest absolute Gasteiger partial charge is 0.478 e. The van der Waals surface area contributed by atoms with Crippen LogP contribution in [0.2, 0.25) is 0 Å². The lowest BCUT2D eigenvalue weighted by Crippen LogP contribution is -2.04. The van der Waals surface area contributed by atoms with Crippen LogP contribution in [0.5, 0.6) is 0 Å². The highest BCUT2D eigenvalue weighted by Crippen LogP contribution is 2.22. The smallest absolute Gasteiger partial charge is 0.335 e. The molecule has 1 atom stereocenters. The number of carbonyl (C=O) groups is 1. The van der Waals surface area contributed by atoms with Crippen molar-refractivity contribution in [2.24, 2.45) is 0 Å². The molecule has 0 fully saturated rings. The first-order valence-corrected chi connectivity index (χ1v) is 6.33. The second-order valence-electron chi connectivity index (χ2n) is 4.65. The van der Waals surface area contributed by atoms with Crippen molar-refractivity contribution in [3.05, 3.63) is 30.1 Å². The summed E-state index contributed by atoms with van der Waals surface area (Å²) < 4.78 is 2.07. The number of fused-ring (bicyclic) bond motifs is 1. The van der Waals surface area contributed by atoms with Gasteiger partial charge in [0.2, 0.25) is 0 Å². The molecule has 1 aromatic carbocycles. The van der Waals surface area contributed by atoms with Gasteiger partial charge in [-0.05, 0) is 31.5 Å². The SMILES string of the molecule is CCCCC(C)n1cnc2ccc(C(=O)O)cc21. The molecule has 18 heavy (non-hydrogen) atoms. The van der Waals surface area contributed by atoms with Gasteiger partial charge in [-0.25, -0.2) is 9.78 Å². The number of carboxylic acid groups (broad SMARTS) is 1. The number of hydrogen-bond donors (Lipinski definition) is 1. The maximum atomic E-state index is 11.0. The molecule has 0 aliphatic carbocycles. The Morgan fingerprint density at radius 3 is 2.94 bits per heavy atom. The fourth-order valence-corrected chi connectivity index (χ4v) is 2.15. The second kappa shape index (κ2) is 5.21. The number of aromatic nitrogens is 2. The van der Waals surface area contributed by atoms with Crippen LogP contribution in [0.25, 0.3) is 11.0 Å². The first-order valence-electron chi connectivity index (χ1n) is 6.33. The topological polar surface area (TPSA) is 55.1 Å². The first kappa shape index (κ1) is 12.6. The van der Waals surface area contributed by atoms with E-state index >= 15 is 0 Å². The van der Waals surface area contributed by atoms with Crippen molar-refractivity contribution in [1.82, 2.24) is 9.55 Å². The van der Waals surface area contributed by atoms with Gasteiger partial charge in [-0.2, -0.15) is 0 Å². The van der Waals surface area contributed by atoms with E-state index in [1.54, 1.807) is 24.5 Å². The molecule has 4 nitrogen and oxygen atoms in total. The van der Waals surface area contributed by atoms with Crippen LogP contribution in [0.1, 0.15) is 49.5 Å². The number of unbranched alkanes of at least 4 members (excludes halogenated alkanes) is 1. The molecule has 2 rings (SSSR count). The number of hydrogen-bond acceptors (Lipinski definition) is 2. The average molecular weight is 246 g/mol. The quantitative estimate of drug-likeness (QED) is 0.878. The Hall–Kier alpha value is -1.84. The van der Waals surface area contributed by atoms with Crippen LogP contribution in [0.15, 0.2) is 24.5 Å². The van der Waals surface area contributed by atoms with Gasteiger partial charge in [0.15, 0.2) is 0 Å². The Balaban J connectivity index is 2.38. The molecular weight excluding hydrogens is 228 g/mol. The zero-order valence-electron chi connectivity index (χ0n) is 10.8. The van der Waals surface area contributed by atoms with E-state index in [-0.39, 0.29) is 0 Å². The minimum atomic E-state index is -0.897. The van der Waals surface area contributed by atoms with Crippen molar-refractivity contribution in [3.8, 4) is 0 Å². The molecule has 96 valence electrons. The zero-order chi connectivity index (χ0) is 13.1. The van der Waals surface area contributed by atoms with Gasteiger partial charge in [0, 0.05) is 6.04 Å². The highest BCUT2D eigenvalue weighted by Gasteiger charge is 2.11. The lowest BCUT2D eigenvalue weighted by Gasteiger charge is -2.13. The van der Waals surface area contributed by atoms with Crippen LogP contribution >= 0.6 is 0 Å². The Bertz CT molecular complexity index is 560. The van der Waals surface area contributed by atoms with E-state index in [1.807, 2.05) is 0 Å². The van der Waals surface area contributed by atoms with Gasteiger partial charge in [-0.1, -0.05) is 19.8 Å². The van der Waals surface area contributed by atoms with E-state index in [1.165, 1.54) is 6.42 Å². The van der Waals surface area contributed by atoms with E-state index in [9.17, 15) is 4.79 Å². The third kappa shape index (κ3) is 2.37. The Kier molecular flexibility index (Phi) is 3.65. The summed E-state index contributed by atoms with van der Waals surface area (Å²) in [6, 6.07) is 5.41. The van der Waals surface area contributed by atoms with Gasteiger partial charge in [0.1, 0.15) is 0 Å². The summed E-state index contributed by atoms with van der Waals surface area (Å²) in [4.78, 5) is 15.3. The van der Waals surface area contributed by atoms with Crippen LogP contribution in [-0.2, 0) is 0 Å². The zero-order valence-corrected chi connectivity index (χ0v) is 10.8. The monoisotopic (exact) mass is 246 g/mol. The predicted octanol–water partition coefficient (Wildman–Crippen LogP) is 3.49. The molecule has 0 bridgehead atoms. The fourth-order valence-electron chi connectivity index (χ4n) is 2.15. The summed E-state index contributed by atoms with van der Waals surface area (Å²) in [5.41, 5.74) is 2.06. The molecule has 4 heteroatoms.